The first-order valence-corrected chi connectivity index (χ1v) is 13.1. The molecule has 6 nitrogen and oxygen atoms in total. The fourth-order valence-corrected chi connectivity index (χ4v) is 5.27. The Bertz CT molecular complexity index is 985. The van der Waals surface area contributed by atoms with Crippen LogP contribution in [0, 0.1) is 5.41 Å². The van der Waals surface area contributed by atoms with Gasteiger partial charge < -0.3 is 10.2 Å². The second-order valence-corrected chi connectivity index (χ2v) is 9.34. The lowest BCUT2D eigenvalue weighted by Crippen LogP contribution is -2.57. The van der Waals surface area contributed by atoms with E-state index in [1.54, 1.807) is 11.8 Å². The minimum atomic E-state index is -1.11. The second-order valence-electron chi connectivity index (χ2n) is 7.45. The van der Waals surface area contributed by atoms with Gasteiger partial charge in [-0.3, -0.25) is 4.40 Å². The van der Waals surface area contributed by atoms with Gasteiger partial charge in [-0.15, -0.1) is 22.0 Å². The number of fused-ring (bicyclic) bond motifs is 1. The summed E-state index contributed by atoms with van der Waals surface area (Å²) in [5.41, 5.74) is 2.70. The van der Waals surface area contributed by atoms with Gasteiger partial charge in [0.15, 0.2) is 22.0 Å². The molecule has 0 amide bonds. The van der Waals surface area contributed by atoms with E-state index in [1.807, 2.05) is 33.9 Å². The predicted octanol–water partition coefficient (Wildman–Crippen LogP) is 5.46. The average Bonchev–Trinajstić information content (AvgIpc) is 3.53. The molecule has 3 aromatic heterocycles. The molecule has 1 unspecified atom stereocenters. The molecule has 2 fully saturated rings. The number of aromatic nitrogens is 4. The van der Waals surface area contributed by atoms with Crippen molar-refractivity contribution in [3.63, 3.8) is 0 Å². The normalized spacial score (nSPS) is 17.6. The van der Waals surface area contributed by atoms with E-state index >= 15 is 0 Å². The maximum atomic E-state index is 13.6. The molecular weight excluding hydrogens is 431 g/mol. The maximum Gasteiger partial charge on any atom is 0.184 e. The third kappa shape index (κ3) is 4.59. The predicted molar refractivity (Wildman–Crippen MR) is 130 cm³/mol. The highest BCUT2D eigenvalue weighted by atomic mass is 32.2. The van der Waals surface area contributed by atoms with Crippen LogP contribution in [0.25, 0.3) is 16.3 Å². The van der Waals surface area contributed by atoms with Crippen molar-refractivity contribution in [3.8, 4) is 10.8 Å². The third-order valence-corrected chi connectivity index (χ3v) is 7.30. The molecule has 5 heterocycles. The van der Waals surface area contributed by atoms with Gasteiger partial charge in [-0.1, -0.05) is 39.0 Å². The number of alkyl halides is 1. The van der Waals surface area contributed by atoms with Crippen molar-refractivity contribution >= 4 is 34.3 Å². The van der Waals surface area contributed by atoms with Crippen molar-refractivity contribution in [1.82, 2.24) is 24.9 Å². The van der Waals surface area contributed by atoms with E-state index < -0.39 is 6.17 Å². The number of nitrogens with one attached hydrogen (secondary N) is 1. The van der Waals surface area contributed by atoms with Crippen molar-refractivity contribution in [2.45, 2.75) is 52.1 Å². The minimum Gasteiger partial charge on any atom is -0.368 e. The molecule has 2 saturated heterocycles. The smallest absolute Gasteiger partial charge is 0.184 e. The zero-order chi connectivity index (χ0) is 22.6. The Morgan fingerprint density at radius 2 is 1.97 bits per heavy atom. The summed E-state index contributed by atoms with van der Waals surface area (Å²) in [5.74, 6) is 0.726. The van der Waals surface area contributed by atoms with Crippen LogP contribution in [0.3, 0.4) is 0 Å². The van der Waals surface area contributed by atoms with Crippen molar-refractivity contribution in [1.29, 1.82) is 0 Å². The molecule has 2 aliphatic rings. The van der Waals surface area contributed by atoms with Crippen molar-refractivity contribution < 1.29 is 4.39 Å². The molecule has 9 heteroatoms. The molecule has 1 N–H and O–H groups in total. The van der Waals surface area contributed by atoms with Crippen LogP contribution in [0.1, 0.15) is 52.2 Å². The molecule has 0 bridgehead atoms. The van der Waals surface area contributed by atoms with E-state index in [2.05, 4.69) is 48.3 Å². The van der Waals surface area contributed by atoms with Crippen LogP contribution in [0.5, 0.6) is 0 Å². The largest absolute Gasteiger partial charge is 0.368 e. The van der Waals surface area contributed by atoms with Gasteiger partial charge in [0.1, 0.15) is 0 Å². The number of rotatable bonds is 4. The van der Waals surface area contributed by atoms with Crippen LogP contribution in [0.4, 0.5) is 10.1 Å². The lowest BCUT2D eigenvalue weighted by molar-refractivity contribution is 0.243. The molecule has 0 aliphatic carbocycles. The number of anilines is 1. The van der Waals surface area contributed by atoms with Crippen LogP contribution in [-0.2, 0) is 0 Å². The molecule has 0 radical (unpaired) electrons. The molecular formula is C22H33FN6S2. The third-order valence-electron chi connectivity index (χ3n) is 5.53. The number of imidazole rings is 1. The Morgan fingerprint density at radius 3 is 2.55 bits per heavy atom. The van der Waals surface area contributed by atoms with Crippen LogP contribution in [0.15, 0.2) is 23.4 Å². The number of hydrogen-bond acceptors (Lipinski definition) is 7. The molecule has 1 spiro atoms. The van der Waals surface area contributed by atoms with Gasteiger partial charge in [0.05, 0.1) is 17.4 Å². The number of hydrogen-bond donors (Lipinski definition) is 1. The second kappa shape index (κ2) is 10.3. The molecule has 31 heavy (non-hydrogen) atoms. The summed E-state index contributed by atoms with van der Waals surface area (Å²) in [6.07, 6.45) is 6.19. The maximum absolute atomic E-state index is 13.6. The topological polar surface area (TPSA) is 58.3 Å². The van der Waals surface area contributed by atoms with Gasteiger partial charge in [-0.25, -0.2) is 9.37 Å². The highest BCUT2D eigenvalue weighted by Crippen LogP contribution is 2.42. The zero-order valence-electron chi connectivity index (χ0n) is 19.3. The number of nitrogens with zero attached hydrogens (tertiary/aromatic N) is 5. The Balaban J connectivity index is 0.000000645. The average molecular weight is 465 g/mol. The Labute approximate surface area is 192 Å². The molecule has 170 valence electrons. The number of halogens is 1. The molecule has 2 aliphatic heterocycles. The number of pyridine rings is 1. The van der Waals surface area contributed by atoms with E-state index in [0.29, 0.717) is 15.4 Å². The summed E-state index contributed by atoms with van der Waals surface area (Å²) in [6.45, 7) is 13.9. The first-order chi connectivity index (χ1) is 15.1. The van der Waals surface area contributed by atoms with Gasteiger partial charge in [-0.05, 0) is 32.2 Å². The standard InChI is InChI=1S/C18H21FN6S2.2C2H6/c1-11(19)16-22-23-17(27-16)15-21-6-14-13(5-12(26-2)7-25(14)15)24-9-18(10-24)3-4-20-8-18;2*1-2/h5-7,11,20H,3-4,8-10H2,1-2H3;2*1-2H3. The van der Waals surface area contributed by atoms with Gasteiger partial charge in [-0.2, -0.15) is 0 Å². The molecule has 5 rings (SSSR count). The van der Waals surface area contributed by atoms with E-state index in [0.717, 1.165) is 37.5 Å². The fourth-order valence-electron chi connectivity index (χ4n) is 4.06. The van der Waals surface area contributed by atoms with Crippen molar-refractivity contribution in [3.05, 3.63) is 23.5 Å². The van der Waals surface area contributed by atoms with Gasteiger partial charge in [0, 0.05) is 36.1 Å². The van der Waals surface area contributed by atoms with Crippen molar-refractivity contribution in [2.75, 3.05) is 37.3 Å². The van der Waals surface area contributed by atoms with Crippen LogP contribution in [-0.4, -0.2) is 52.0 Å². The highest BCUT2D eigenvalue weighted by Gasteiger charge is 2.45. The van der Waals surface area contributed by atoms with Gasteiger partial charge in [0.25, 0.3) is 0 Å². The van der Waals surface area contributed by atoms with Gasteiger partial charge >= 0.3 is 0 Å². The molecule has 3 aromatic rings. The summed E-state index contributed by atoms with van der Waals surface area (Å²) in [7, 11) is 0. The summed E-state index contributed by atoms with van der Waals surface area (Å²) in [5, 5.41) is 12.7. The first-order valence-electron chi connectivity index (χ1n) is 11.1. The Morgan fingerprint density at radius 1 is 1.23 bits per heavy atom. The van der Waals surface area contributed by atoms with E-state index in [-0.39, 0.29) is 0 Å². The molecule has 0 saturated carbocycles. The SMILES string of the molecule is CC.CC.CSc1cc(N2CC3(CCNC3)C2)c2cnc(-c3nnc(C(C)F)s3)n2c1. The highest BCUT2D eigenvalue weighted by molar-refractivity contribution is 7.98. The fraction of sp³-hybridized carbons (Fsp3) is 0.591. The molecule has 1 atom stereocenters. The van der Waals surface area contributed by atoms with Gasteiger partial charge in [0.2, 0.25) is 0 Å². The summed E-state index contributed by atoms with van der Waals surface area (Å²) in [6, 6.07) is 2.25. The van der Waals surface area contributed by atoms with Crippen LogP contribution >= 0.6 is 23.1 Å². The minimum absolute atomic E-state index is 0.390. The summed E-state index contributed by atoms with van der Waals surface area (Å²) >= 11 is 2.98. The van der Waals surface area contributed by atoms with Crippen LogP contribution in [0.2, 0.25) is 0 Å². The zero-order valence-corrected chi connectivity index (χ0v) is 20.9. The van der Waals surface area contributed by atoms with E-state index in [9.17, 15) is 4.39 Å². The molecule has 0 aromatic carbocycles. The first kappa shape index (κ1) is 23.9. The summed E-state index contributed by atoms with van der Waals surface area (Å²) < 4.78 is 15.6. The monoisotopic (exact) mass is 464 g/mol. The van der Waals surface area contributed by atoms with E-state index in [1.165, 1.54) is 35.3 Å². The lowest BCUT2D eigenvalue weighted by Gasteiger charge is -2.49. The summed E-state index contributed by atoms with van der Waals surface area (Å²) in [4.78, 5) is 8.22. The lowest BCUT2D eigenvalue weighted by atomic mass is 9.79. The quantitative estimate of drug-likeness (QED) is 0.518. The Kier molecular flexibility index (Phi) is 7.93. The number of thioether (sulfide) groups is 1. The van der Waals surface area contributed by atoms with E-state index in [4.69, 9.17) is 0 Å². The van der Waals surface area contributed by atoms with Crippen molar-refractivity contribution in [2.24, 2.45) is 5.41 Å². The van der Waals surface area contributed by atoms with Crippen LogP contribution < -0.4 is 10.2 Å². The Hall–Kier alpha value is -1.71.